The van der Waals surface area contributed by atoms with Gasteiger partial charge in [0.2, 0.25) is 11.8 Å². The van der Waals surface area contributed by atoms with Gasteiger partial charge in [-0.05, 0) is 30.3 Å². The van der Waals surface area contributed by atoms with Crippen molar-refractivity contribution in [1.29, 1.82) is 0 Å². The van der Waals surface area contributed by atoms with Crippen LogP contribution >= 0.6 is 11.6 Å². The van der Waals surface area contributed by atoms with E-state index in [1.807, 2.05) is 5.32 Å². The Labute approximate surface area is 145 Å². The van der Waals surface area contributed by atoms with Crippen LogP contribution in [-0.4, -0.2) is 18.9 Å². The second-order valence-corrected chi connectivity index (χ2v) is 5.25. The molecule has 9 heteroatoms. The molecule has 0 aromatic heterocycles. The molecule has 0 aliphatic rings. The second-order valence-electron chi connectivity index (χ2n) is 4.85. The Morgan fingerprint density at radius 3 is 2.36 bits per heavy atom. The largest absolute Gasteiger partial charge is 0.495 e. The van der Waals surface area contributed by atoms with Gasteiger partial charge in [0.25, 0.3) is 0 Å². The maximum Gasteiger partial charge on any atom is 0.233 e. The summed E-state index contributed by atoms with van der Waals surface area (Å²) in [5.41, 5.74) is -0.244. The molecule has 0 radical (unpaired) electrons. The minimum absolute atomic E-state index is 0.258. The third-order valence-corrected chi connectivity index (χ3v) is 3.36. The van der Waals surface area contributed by atoms with Crippen molar-refractivity contribution in [2.24, 2.45) is 0 Å². The molecule has 2 N–H and O–H groups in total. The van der Waals surface area contributed by atoms with Crippen LogP contribution in [0.25, 0.3) is 0 Å². The molecule has 25 heavy (non-hydrogen) atoms. The van der Waals surface area contributed by atoms with Crippen LogP contribution in [0.4, 0.5) is 24.5 Å². The monoisotopic (exact) mass is 372 g/mol. The average Bonchev–Trinajstić information content (AvgIpc) is 2.55. The lowest BCUT2D eigenvalue weighted by Gasteiger charge is -2.09. The summed E-state index contributed by atoms with van der Waals surface area (Å²) in [5.74, 6) is -5.84. The Balaban J connectivity index is 1.98. The Kier molecular flexibility index (Phi) is 5.87. The van der Waals surface area contributed by atoms with E-state index in [2.05, 4.69) is 5.32 Å². The molecule has 0 bridgehead atoms. The zero-order valence-electron chi connectivity index (χ0n) is 12.8. The standard InChI is InChI=1S/C16H12ClF3N2O3/c1-25-12-5-2-8(6-9(12)17)21-13(23)7-14(24)22-11-4-3-10(18)15(19)16(11)20/h2-6H,7H2,1H3,(H,21,23)(H,22,24). The molecule has 0 atom stereocenters. The van der Waals surface area contributed by atoms with Gasteiger partial charge in [-0.15, -0.1) is 0 Å². The number of ether oxygens (including phenoxy) is 1. The minimum Gasteiger partial charge on any atom is -0.495 e. The predicted octanol–water partition coefficient (Wildman–Crippen LogP) is 3.73. The van der Waals surface area contributed by atoms with Crippen LogP contribution in [0.3, 0.4) is 0 Å². The van der Waals surface area contributed by atoms with Gasteiger partial charge in [-0.1, -0.05) is 11.6 Å². The number of rotatable bonds is 5. The number of amides is 2. The van der Waals surface area contributed by atoms with Gasteiger partial charge in [-0.3, -0.25) is 9.59 Å². The molecule has 0 fully saturated rings. The van der Waals surface area contributed by atoms with Crippen LogP contribution < -0.4 is 15.4 Å². The number of carbonyl (C=O) groups excluding carboxylic acids is 2. The summed E-state index contributed by atoms with van der Waals surface area (Å²) >= 11 is 5.91. The number of hydrogen-bond donors (Lipinski definition) is 2. The van der Waals surface area contributed by atoms with E-state index in [-0.39, 0.29) is 5.02 Å². The van der Waals surface area contributed by atoms with Crippen molar-refractivity contribution in [2.75, 3.05) is 17.7 Å². The summed E-state index contributed by atoms with van der Waals surface area (Å²) in [6.45, 7) is 0. The lowest BCUT2D eigenvalue weighted by molar-refractivity contribution is -0.123. The van der Waals surface area contributed by atoms with Crippen molar-refractivity contribution < 1.29 is 27.5 Å². The number of halogens is 4. The molecule has 2 amide bonds. The van der Waals surface area contributed by atoms with E-state index in [1.165, 1.54) is 25.3 Å². The molecule has 2 aromatic carbocycles. The summed E-state index contributed by atoms with van der Waals surface area (Å²) < 4.78 is 44.3. The number of nitrogens with one attached hydrogen (secondary N) is 2. The quantitative estimate of drug-likeness (QED) is 0.620. The molecule has 0 saturated heterocycles. The van der Waals surface area contributed by atoms with Crippen molar-refractivity contribution in [2.45, 2.75) is 6.42 Å². The Hall–Kier alpha value is -2.74. The number of anilines is 2. The summed E-state index contributed by atoms with van der Waals surface area (Å²) in [7, 11) is 1.43. The lowest BCUT2D eigenvalue weighted by atomic mass is 10.2. The van der Waals surface area contributed by atoms with Gasteiger partial charge in [0.15, 0.2) is 17.5 Å². The fraction of sp³-hybridized carbons (Fsp3) is 0.125. The van der Waals surface area contributed by atoms with Crippen LogP contribution in [0, 0.1) is 17.5 Å². The van der Waals surface area contributed by atoms with Gasteiger partial charge in [-0.25, -0.2) is 13.2 Å². The predicted molar refractivity (Wildman–Crippen MR) is 86.2 cm³/mol. The lowest BCUT2D eigenvalue weighted by Crippen LogP contribution is -2.22. The van der Waals surface area contributed by atoms with Crippen molar-refractivity contribution >= 4 is 34.8 Å². The van der Waals surface area contributed by atoms with Crippen molar-refractivity contribution in [3.8, 4) is 5.75 Å². The second kappa shape index (κ2) is 7.89. The van der Waals surface area contributed by atoms with E-state index in [0.29, 0.717) is 17.5 Å². The number of hydrogen-bond acceptors (Lipinski definition) is 3. The fourth-order valence-corrected chi connectivity index (χ4v) is 2.17. The van der Waals surface area contributed by atoms with Gasteiger partial charge in [0.1, 0.15) is 12.2 Å². The first-order chi connectivity index (χ1) is 11.8. The normalized spacial score (nSPS) is 10.3. The average molecular weight is 373 g/mol. The van der Waals surface area contributed by atoms with Gasteiger partial charge >= 0.3 is 0 Å². The van der Waals surface area contributed by atoms with Crippen LogP contribution in [-0.2, 0) is 9.59 Å². The summed E-state index contributed by atoms with van der Waals surface area (Å²) in [6, 6.07) is 5.97. The van der Waals surface area contributed by atoms with E-state index < -0.39 is 41.4 Å². The maximum atomic E-state index is 13.5. The van der Waals surface area contributed by atoms with Crippen molar-refractivity contribution in [3.63, 3.8) is 0 Å². The number of carbonyl (C=O) groups is 2. The molecule has 132 valence electrons. The highest BCUT2D eigenvalue weighted by molar-refractivity contribution is 6.32. The molecule has 0 aliphatic heterocycles. The molecule has 0 unspecified atom stereocenters. The fourth-order valence-electron chi connectivity index (χ4n) is 1.91. The van der Waals surface area contributed by atoms with Crippen molar-refractivity contribution in [3.05, 3.63) is 52.8 Å². The number of methoxy groups -OCH3 is 1. The minimum atomic E-state index is -1.71. The molecule has 0 heterocycles. The summed E-state index contributed by atoms with van der Waals surface area (Å²) in [6.07, 6.45) is -0.665. The van der Waals surface area contributed by atoms with E-state index >= 15 is 0 Å². The molecule has 0 saturated carbocycles. The zero-order valence-corrected chi connectivity index (χ0v) is 13.6. The van der Waals surface area contributed by atoms with E-state index in [4.69, 9.17) is 16.3 Å². The van der Waals surface area contributed by atoms with Crippen molar-refractivity contribution in [1.82, 2.24) is 0 Å². The highest BCUT2D eigenvalue weighted by Crippen LogP contribution is 2.27. The maximum absolute atomic E-state index is 13.5. The van der Waals surface area contributed by atoms with Crippen LogP contribution in [0.2, 0.25) is 5.02 Å². The summed E-state index contributed by atoms with van der Waals surface area (Å²) in [5, 5.41) is 4.67. The summed E-state index contributed by atoms with van der Waals surface area (Å²) in [4.78, 5) is 23.5. The van der Waals surface area contributed by atoms with E-state index in [1.54, 1.807) is 0 Å². The van der Waals surface area contributed by atoms with Gasteiger partial charge in [0.05, 0.1) is 17.8 Å². The smallest absolute Gasteiger partial charge is 0.233 e. The Morgan fingerprint density at radius 2 is 1.72 bits per heavy atom. The first-order valence-corrected chi connectivity index (χ1v) is 7.26. The third-order valence-electron chi connectivity index (χ3n) is 3.07. The van der Waals surface area contributed by atoms with Crippen LogP contribution in [0.5, 0.6) is 5.75 Å². The van der Waals surface area contributed by atoms with E-state index in [9.17, 15) is 22.8 Å². The van der Waals surface area contributed by atoms with Crippen LogP contribution in [0.1, 0.15) is 6.42 Å². The molecule has 0 spiro atoms. The molecule has 2 rings (SSSR count). The van der Waals surface area contributed by atoms with Gasteiger partial charge in [-0.2, -0.15) is 0 Å². The molecule has 2 aromatic rings. The molecule has 5 nitrogen and oxygen atoms in total. The number of benzene rings is 2. The molecule has 0 aliphatic carbocycles. The first-order valence-electron chi connectivity index (χ1n) is 6.88. The highest BCUT2D eigenvalue weighted by atomic mass is 35.5. The SMILES string of the molecule is COc1ccc(NC(=O)CC(=O)Nc2ccc(F)c(F)c2F)cc1Cl. The topological polar surface area (TPSA) is 67.4 Å². The van der Waals surface area contributed by atoms with Gasteiger partial charge in [0, 0.05) is 5.69 Å². The first kappa shape index (κ1) is 18.6. The third kappa shape index (κ3) is 4.63. The zero-order chi connectivity index (χ0) is 18.6. The highest BCUT2D eigenvalue weighted by Gasteiger charge is 2.17. The van der Waals surface area contributed by atoms with Crippen LogP contribution in [0.15, 0.2) is 30.3 Å². The molecular weight excluding hydrogens is 361 g/mol. The Bertz CT molecular complexity index is 831. The molecular formula is C16H12ClF3N2O3. The Morgan fingerprint density at radius 1 is 1.04 bits per heavy atom. The van der Waals surface area contributed by atoms with E-state index in [0.717, 1.165) is 6.07 Å². The van der Waals surface area contributed by atoms with Gasteiger partial charge < -0.3 is 15.4 Å².